The van der Waals surface area contributed by atoms with Crippen molar-refractivity contribution in [3.8, 4) is 0 Å². The van der Waals surface area contributed by atoms with E-state index in [4.69, 9.17) is 11.6 Å². The van der Waals surface area contributed by atoms with Gasteiger partial charge >= 0.3 is 5.69 Å². The zero-order valence-corrected chi connectivity index (χ0v) is 15.4. The highest BCUT2D eigenvalue weighted by atomic mass is 35.5. The molecule has 138 valence electrons. The molecule has 0 atom stereocenters. The van der Waals surface area contributed by atoms with Crippen molar-refractivity contribution in [2.24, 2.45) is 0 Å². The van der Waals surface area contributed by atoms with Crippen LogP contribution >= 0.6 is 11.6 Å². The molecule has 27 heavy (non-hydrogen) atoms. The monoisotopic (exact) mass is 383 g/mol. The Morgan fingerprint density at radius 3 is 2.26 bits per heavy atom. The maximum atomic E-state index is 11.6. The van der Waals surface area contributed by atoms with E-state index >= 15 is 0 Å². The molecule has 1 aromatic heterocycles. The first-order valence-corrected chi connectivity index (χ1v) is 8.68. The van der Waals surface area contributed by atoms with Crippen LogP contribution in [0.1, 0.15) is 16.7 Å². The predicted octanol–water partition coefficient (Wildman–Crippen LogP) is 4.57. The van der Waals surface area contributed by atoms with Gasteiger partial charge in [-0.25, -0.2) is 9.97 Å². The second-order valence-corrected chi connectivity index (χ2v) is 6.37. The number of rotatable bonds is 7. The molecule has 1 heterocycles. The van der Waals surface area contributed by atoms with Crippen molar-refractivity contribution in [2.45, 2.75) is 20.0 Å². The molecule has 0 saturated carbocycles. The lowest BCUT2D eigenvalue weighted by Crippen LogP contribution is -2.10. The first kappa shape index (κ1) is 18.6. The topological polar surface area (TPSA) is 93.0 Å². The van der Waals surface area contributed by atoms with Gasteiger partial charge in [-0.05, 0) is 24.1 Å². The molecule has 3 rings (SSSR count). The number of hydrogen-bond acceptors (Lipinski definition) is 6. The van der Waals surface area contributed by atoms with Gasteiger partial charge in [0.25, 0.3) is 0 Å². The normalized spacial score (nSPS) is 10.4. The van der Waals surface area contributed by atoms with Crippen LogP contribution in [0.4, 0.5) is 17.3 Å². The van der Waals surface area contributed by atoms with Crippen LogP contribution in [-0.4, -0.2) is 14.9 Å². The molecule has 8 heteroatoms. The largest absolute Gasteiger partial charge is 0.360 e. The molecule has 3 aromatic rings. The Hall–Kier alpha value is -3.19. The Morgan fingerprint density at radius 2 is 1.63 bits per heavy atom. The van der Waals surface area contributed by atoms with E-state index in [2.05, 4.69) is 20.6 Å². The standard InChI is InChI=1S/C19H18ClN5O2/c1-13-6-8-14(9-7-13)10-21-18-17(25(26)27)19(24-12-23-18)22-11-15-4-2-3-5-16(15)20/h2-9,12H,10-11H2,1H3,(H2,21,22,23,24). The number of anilines is 2. The van der Waals surface area contributed by atoms with Crippen LogP contribution in [0.2, 0.25) is 5.02 Å². The van der Waals surface area contributed by atoms with Gasteiger partial charge in [-0.2, -0.15) is 0 Å². The fourth-order valence-corrected chi connectivity index (χ4v) is 2.73. The fraction of sp³-hybridized carbons (Fsp3) is 0.158. The zero-order valence-electron chi connectivity index (χ0n) is 14.6. The van der Waals surface area contributed by atoms with E-state index in [-0.39, 0.29) is 17.3 Å². The number of hydrogen-bond donors (Lipinski definition) is 2. The van der Waals surface area contributed by atoms with Crippen LogP contribution < -0.4 is 10.6 Å². The first-order chi connectivity index (χ1) is 13.0. The summed E-state index contributed by atoms with van der Waals surface area (Å²) in [5.74, 6) is 0.304. The van der Waals surface area contributed by atoms with E-state index in [9.17, 15) is 10.1 Å². The summed E-state index contributed by atoms with van der Waals surface area (Å²) in [6.45, 7) is 2.74. The number of aryl methyl sites for hydroxylation is 1. The maximum Gasteiger partial charge on any atom is 0.353 e. The van der Waals surface area contributed by atoms with Crippen LogP contribution in [-0.2, 0) is 13.1 Å². The quantitative estimate of drug-likeness (QED) is 0.458. The van der Waals surface area contributed by atoms with Gasteiger partial charge in [0.2, 0.25) is 11.6 Å². The molecule has 2 aromatic carbocycles. The number of nitro groups is 1. The number of nitrogens with one attached hydrogen (secondary N) is 2. The van der Waals surface area contributed by atoms with Crippen molar-refractivity contribution in [1.82, 2.24) is 9.97 Å². The summed E-state index contributed by atoms with van der Waals surface area (Å²) < 4.78 is 0. The molecule has 0 radical (unpaired) electrons. The Labute approximate surface area is 161 Å². The van der Waals surface area contributed by atoms with Crippen molar-refractivity contribution < 1.29 is 4.92 Å². The summed E-state index contributed by atoms with van der Waals surface area (Å²) >= 11 is 6.13. The van der Waals surface area contributed by atoms with Crippen molar-refractivity contribution in [1.29, 1.82) is 0 Å². The third-order valence-corrected chi connectivity index (χ3v) is 4.36. The number of nitrogens with zero attached hydrogens (tertiary/aromatic N) is 3. The third kappa shape index (κ3) is 4.71. The molecule has 0 fully saturated rings. The Kier molecular flexibility index (Phi) is 5.83. The first-order valence-electron chi connectivity index (χ1n) is 8.30. The summed E-state index contributed by atoms with van der Waals surface area (Å²) in [5, 5.41) is 18.2. The van der Waals surface area contributed by atoms with Crippen LogP contribution in [0.5, 0.6) is 0 Å². The lowest BCUT2D eigenvalue weighted by molar-refractivity contribution is -0.383. The number of halogens is 1. The van der Waals surface area contributed by atoms with Gasteiger partial charge in [0.05, 0.1) is 4.92 Å². The summed E-state index contributed by atoms with van der Waals surface area (Å²) in [6.07, 6.45) is 1.29. The Balaban J connectivity index is 1.78. The van der Waals surface area contributed by atoms with E-state index in [0.29, 0.717) is 18.1 Å². The molecule has 0 aliphatic rings. The summed E-state index contributed by atoms with van der Waals surface area (Å²) in [6, 6.07) is 15.2. The van der Waals surface area contributed by atoms with E-state index in [1.54, 1.807) is 6.07 Å². The predicted molar refractivity (Wildman–Crippen MR) is 106 cm³/mol. The molecule has 0 aliphatic heterocycles. The molecule has 0 saturated heterocycles. The summed E-state index contributed by atoms with van der Waals surface area (Å²) in [7, 11) is 0. The summed E-state index contributed by atoms with van der Waals surface area (Å²) in [4.78, 5) is 19.2. The minimum Gasteiger partial charge on any atom is -0.360 e. The van der Waals surface area contributed by atoms with E-state index in [1.165, 1.54) is 6.33 Å². The van der Waals surface area contributed by atoms with Crippen molar-refractivity contribution in [3.05, 3.63) is 86.7 Å². The molecule has 0 bridgehead atoms. The SMILES string of the molecule is Cc1ccc(CNc2ncnc(NCc3ccccc3Cl)c2[N+](=O)[O-])cc1. The van der Waals surface area contributed by atoms with E-state index < -0.39 is 4.92 Å². The van der Waals surface area contributed by atoms with Crippen LogP contribution in [0, 0.1) is 17.0 Å². The van der Waals surface area contributed by atoms with Gasteiger partial charge < -0.3 is 10.6 Å². The smallest absolute Gasteiger partial charge is 0.353 e. The van der Waals surface area contributed by atoms with Gasteiger partial charge in [-0.3, -0.25) is 10.1 Å². The number of aromatic nitrogens is 2. The van der Waals surface area contributed by atoms with Crippen LogP contribution in [0.25, 0.3) is 0 Å². The van der Waals surface area contributed by atoms with Gasteiger partial charge in [0.1, 0.15) is 6.33 Å². The highest BCUT2D eigenvalue weighted by molar-refractivity contribution is 6.31. The van der Waals surface area contributed by atoms with Gasteiger partial charge in [-0.15, -0.1) is 0 Å². The van der Waals surface area contributed by atoms with E-state index in [0.717, 1.165) is 16.7 Å². The zero-order chi connectivity index (χ0) is 19.2. The second-order valence-electron chi connectivity index (χ2n) is 5.96. The van der Waals surface area contributed by atoms with Gasteiger partial charge in [-0.1, -0.05) is 59.6 Å². The average Bonchev–Trinajstić information content (AvgIpc) is 2.66. The highest BCUT2D eigenvalue weighted by Crippen LogP contribution is 2.30. The average molecular weight is 384 g/mol. The molecule has 0 aliphatic carbocycles. The minimum atomic E-state index is -0.494. The molecule has 2 N–H and O–H groups in total. The van der Waals surface area contributed by atoms with Crippen molar-refractivity contribution in [2.75, 3.05) is 10.6 Å². The highest BCUT2D eigenvalue weighted by Gasteiger charge is 2.22. The molecule has 7 nitrogen and oxygen atoms in total. The van der Waals surface area contributed by atoms with Crippen LogP contribution in [0.3, 0.4) is 0 Å². The Bertz CT molecular complexity index is 947. The molecular weight excluding hydrogens is 366 g/mol. The number of benzene rings is 2. The molecule has 0 amide bonds. The third-order valence-electron chi connectivity index (χ3n) is 3.99. The Morgan fingerprint density at radius 1 is 1.00 bits per heavy atom. The lowest BCUT2D eigenvalue weighted by Gasteiger charge is -2.11. The second kappa shape index (κ2) is 8.46. The fourth-order valence-electron chi connectivity index (χ4n) is 2.52. The van der Waals surface area contributed by atoms with E-state index in [1.807, 2.05) is 49.4 Å². The summed E-state index contributed by atoms with van der Waals surface area (Å²) in [5.41, 5.74) is 2.77. The molecular formula is C19H18ClN5O2. The molecule has 0 spiro atoms. The minimum absolute atomic E-state index is 0.140. The maximum absolute atomic E-state index is 11.6. The van der Waals surface area contributed by atoms with Gasteiger partial charge in [0.15, 0.2) is 0 Å². The van der Waals surface area contributed by atoms with Crippen molar-refractivity contribution >= 4 is 28.9 Å². The molecule has 0 unspecified atom stereocenters. The van der Waals surface area contributed by atoms with Gasteiger partial charge in [0, 0.05) is 18.1 Å². The van der Waals surface area contributed by atoms with Crippen LogP contribution in [0.15, 0.2) is 54.9 Å². The van der Waals surface area contributed by atoms with Crippen molar-refractivity contribution in [3.63, 3.8) is 0 Å². The lowest BCUT2D eigenvalue weighted by atomic mass is 10.1.